The zero-order chi connectivity index (χ0) is 17.0. The third kappa shape index (κ3) is 2.40. The molecule has 1 saturated carbocycles. The Labute approximate surface area is 143 Å². The summed E-state index contributed by atoms with van der Waals surface area (Å²) in [6.45, 7) is 3.11. The Kier molecular flexibility index (Phi) is 3.13. The summed E-state index contributed by atoms with van der Waals surface area (Å²) in [7, 11) is 0. The molecule has 0 unspecified atom stereocenters. The molecule has 8 nitrogen and oxygen atoms in total. The van der Waals surface area contributed by atoms with Crippen molar-refractivity contribution in [1.29, 1.82) is 0 Å². The topological polar surface area (TPSA) is 98.7 Å². The zero-order valence-corrected chi connectivity index (χ0v) is 13.9. The van der Waals surface area contributed by atoms with E-state index in [1.807, 2.05) is 13.0 Å². The van der Waals surface area contributed by atoms with Crippen LogP contribution in [0.3, 0.4) is 0 Å². The molecule has 0 aromatic carbocycles. The van der Waals surface area contributed by atoms with Gasteiger partial charge in [0.2, 0.25) is 0 Å². The SMILES string of the molecule is Cc1noc2nc(C3CC3)cc(C(=O)NCc3nnc4n3CCC4)c12. The van der Waals surface area contributed by atoms with Crippen LogP contribution in [0.2, 0.25) is 0 Å². The highest BCUT2D eigenvalue weighted by atomic mass is 16.5. The fourth-order valence-corrected chi connectivity index (χ4v) is 3.48. The summed E-state index contributed by atoms with van der Waals surface area (Å²) in [4.78, 5) is 17.4. The summed E-state index contributed by atoms with van der Waals surface area (Å²) < 4.78 is 7.39. The Hall–Kier alpha value is -2.77. The van der Waals surface area contributed by atoms with Crippen LogP contribution >= 0.6 is 0 Å². The number of fused-ring (bicyclic) bond motifs is 2. The van der Waals surface area contributed by atoms with Crippen molar-refractivity contribution in [3.63, 3.8) is 0 Å². The zero-order valence-electron chi connectivity index (χ0n) is 13.9. The van der Waals surface area contributed by atoms with Crippen LogP contribution in [0, 0.1) is 6.92 Å². The minimum atomic E-state index is -0.157. The maximum atomic E-state index is 12.8. The molecule has 0 radical (unpaired) electrons. The molecule has 1 amide bonds. The van der Waals surface area contributed by atoms with Gasteiger partial charge in [0.1, 0.15) is 5.82 Å². The number of aromatic nitrogens is 5. The van der Waals surface area contributed by atoms with Crippen LogP contribution in [0.15, 0.2) is 10.6 Å². The van der Waals surface area contributed by atoms with E-state index in [1.165, 1.54) is 0 Å². The van der Waals surface area contributed by atoms with Crippen molar-refractivity contribution in [2.45, 2.75) is 51.6 Å². The molecule has 128 valence electrons. The molecule has 0 spiro atoms. The maximum absolute atomic E-state index is 12.8. The van der Waals surface area contributed by atoms with Crippen molar-refractivity contribution < 1.29 is 9.32 Å². The van der Waals surface area contributed by atoms with Gasteiger partial charge in [0.25, 0.3) is 11.6 Å². The minimum absolute atomic E-state index is 0.157. The second-order valence-corrected chi connectivity index (χ2v) is 6.79. The Morgan fingerprint density at radius 1 is 1.40 bits per heavy atom. The van der Waals surface area contributed by atoms with Crippen molar-refractivity contribution in [2.24, 2.45) is 0 Å². The van der Waals surface area contributed by atoms with E-state index in [-0.39, 0.29) is 5.91 Å². The highest BCUT2D eigenvalue weighted by molar-refractivity contribution is 6.06. The number of carbonyl (C=O) groups excluding carboxylic acids is 1. The first-order chi connectivity index (χ1) is 12.2. The highest BCUT2D eigenvalue weighted by Gasteiger charge is 2.28. The van der Waals surface area contributed by atoms with E-state index in [4.69, 9.17) is 4.52 Å². The predicted octanol–water partition coefficient (Wildman–Crippen LogP) is 1.88. The maximum Gasteiger partial charge on any atom is 0.259 e. The molecule has 3 aromatic rings. The minimum Gasteiger partial charge on any atom is -0.345 e. The van der Waals surface area contributed by atoms with Crippen LogP contribution in [0.1, 0.15) is 58.6 Å². The summed E-state index contributed by atoms with van der Waals surface area (Å²) in [5.41, 5.74) is 2.61. The second-order valence-electron chi connectivity index (χ2n) is 6.79. The molecule has 1 N–H and O–H groups in total. The van der Waals surface area contributed by atoms with E-state index in [9.17, 15) is 4.79 Å². The third-order valence-electron chi connectivity index (χ3n) is 4.97. The molecule has 3 aromatic heterocycles. The van der Waals surface area contributed by atoms with Gasteiger partial charge in [-0.3, -0.25) is 4.79 Å². The van der Waals surface area contributed by atoms with Crippen molar-refractivity contribution in [3.05, 3.63) is 34.7 Å². The molecule has 25 heavy (non-hydrogen) atoms. The van der Waals surface area contributed by atoms with Crippen molar-refractivity contribution in [3.8, 4) is 0 Å². The van der Waals surface area contributed by atoms with Crippen LogP contribution in [-0.2, 0) is 19.5 Å². The lowest BCUT2D eigenvalue weighted by Gasteiger charge is -2.08. The average Bonchev–Trinajstić information content (AvgIpc) is 3.06. The molecule has 1 aliphatic carbocycles. The van der Waals surface area contributed by atoms with Gasteiger partial charge in [0, 0.05) is 24.6 Å². The molecule has 0 atom stereocenters. The van der Waals surface area contributed by atoms with Gasteiger partial charge in [-0.15, -0.1) is 10.2 Å². The number of amides is 1. The van der Waals surface area contributed by atoms with Crippen LogP contribution in [0.25, 0.3) is 11.1 Å². The van der Waals surface area contributed by atoms with Crippen LogP contribution in [-0.4, -0.2) is 30.8 Å². The summed E-state index contributed by atoms with van der Waals surface area (Å²) >= 11 is 0. The first-order valence-electron chi connectivity index (χ1n) is 8.67. The van der Waals surface area contributed by atoms with Gasteiger partial charge in [0.05, 0.1) is 23.2 Å². The van der Waals surface area contributed by atoms with Gasteiger partial charge < -0.3 is 14.4 Å². The summed E-state index contributed by atoms with van der Waals surface area (Å²) in [5.74, 6) is 2.08. The van der Waals surface area contributed by atoms with Crippen LogP contribution in [0.4, 0.5) is 0 Å². The second kappa shape index (κ2) is 5.37. The monoisotopic (exact) mass is 338 g/mol. The lowest BCUT2D eigenvalue weighted by atomic mass is 10.1. The lowest BCUT2D eigenvalue weighted by molar-refractivity contribution is 0.0951. The number of hydrogen-bond acceptors (Lipinski definition) is 6. The Morgan fingerprint density at radius 3 is 3.12 bits per heavy atom. The first kappa shape index (κ1) is 14.6. The third-order valence-corrected chi connectivity index (χ3v) is 4.97. The molecule has 2 aliphatic rings. The standard InChI is InChI=1S/C17H18N6O2/c1-9-15-11(7-12(10-4-5-10)19-17(15)25-22-9)16(24)18-8-14-21-20-13-3-2-6-23(13)14/h7,10H,2-6,8H2,1H3,(H,18,24). The van der Waals surface area contributed by atoms with Gasteiger partial charge in [-0.25, -0.2) is 4.98 Å². The van der Waals surface area contributed by atoms with Crippen LogP contribution < -0.4 is 5.32 Å². The normalized spacial score (nSPS) is 16.4. The van der Waals surface area contributed by atoms with E-state index < -0.39 is 0 Å². The molecule has 5 rings (SSSR count). The molecule has 1 aliphatic heterocycles. The largest absolute Gasteiger partial charge is 0.345 e. The number of nitrogens with one attached hydrogen (secondary N) is 1. The Balaban J connectivity index is 1.45. The number of rotatable bonds is 4. The van der Waals surface area contributed by atoms with Crippen molar-refractivity contribution in [1.82, 2.24) is 30.2 Å². The fourth-order valence-electron chi connectivity index (χ4n) is 3.48. The number of pyridine rings is 1. The first-order valence-corrected chi connectivity index (χ1v) is 8.67. The number of nitrogens with zero attached hydrogens (tertiary/aromatic N) is 5. The van der Waals surface area contributed by atoms with E-state index >= 15 is 0 Å². The fraction of sp³-hybridized carbons (Fsp3) is 0.471. The highest BCUT2D eigenvalue weighted by Crippen LogP contribution is 2.40. The molecule has 0 saturated heterocycles. The van der Waals surface area contributed by atoms with E-state index in [0.717, 1.165) is 49.6 Å². The number of hydrogen-bond donors (Lipinski definition) is 1. The lowest BCUT2D eigenvalue weighted by Crippen LogP contribution is -2.25. The molecular weight excluding hydrogens is 320 g/mol. The number of aryl methyl sites for hydroxylation is 2. The molecular formula is C17H18N6O2. The molecule has 0 bridgehead atoms. The molecule has 8 heteroatoms. The van der Waals surface area contributed by atoms with Crippen LogP contribution in [0.5, 0.6) is 0 Å². The quantitative estimate of drug-likeness (QED) is 0.780. The van der Waals surface area contributed by atoms with Gasteiger partial charge in [-0.1, -0.05) is 5.16 Å². The predicted molar refractivity (Wildman–Crippen MR) is 88.0 cm³/mol. The number of carbonyl (C=O) groups is 1. The summed E-state index contributed by atoms with van der Waals surface area (Å²) in [5, 5.41) is 16.0. The average molecular weight is 338 g/mol. The smallest absolute Gasteiger partial charge is 0.259 e. The van der Waals surface area contributed by atoms with E-state index in [2.05, 4.69) is 30.2 Å². The molecule has 4 heterocycles. The molecule has 1 fully saturated rings. The van der Waals surface area contributed by atoms with Crippen molar-refractivity contribution in [2.75, 3.05) is 0 Å². The van der Waals surface area contributed by atoms with Crippen molar-refractivity contribution >= 4 is 17.0 Å². The van der Waals surface area contributed by atoms with Gasteiger partial charge in [-0.2, -0.15) is 0 Å². The summed E-state index contributed by atoms with van der Waals surface area (Å²) in [6.07, 6.45) is 4.26. The Morgan fingerprint density at radius 2 is 2.28 bits per heavy atom. The Bertz CT molecular complexity index is 985. The van der Waals surface area contributed by atoms with E-state index in [0.29, 0.717) is 34.8 Å². The summed E-state index contributed by atoms with van der Waals surface area (Å²) in [6, 6.07) is 1.88. The van der Waals surface area contributed by atoms with Gasteiger partial charge in [-0.05, 0) is 32.3 Å². The van der Waals surface area contributed by atoms with Gasteiger partial charge in [0.15, 0.2) is 5.82 Å². The van der Waals surface area contributed by atoms with Gasteiger partial charge >= 0.3 is 0 Å². The van der Waals surface area contributed by atoms with E-state index in [1.54, 1.807) is 0 Å².